The number of imide groups is 1. The second kappa shape index (κ2) is 13.4. The summed E-state index contributed by atoms with van der Waals surface area (Å²) in [5.41, 5.74) is 0.778. The molecule has 5 aromatic rings. The van der Waals surface area contributed by atoms with Crippen molar-refractivity contribution in [2.45, 2.75) is 19.4 Å². The van der Waals surface area contributed by atoms with Crippen molar-refractivity contribution < 1.29 is 32.6 Å². The van der Waals surface area contributed by atoms with E-state index in [1.165, 1.54) is 30.3 Å². The third-order valence-electron chi connectivity index (χ3n) is 6.29. The maximum absolute atomic E-state index is 14.9. The van der Waals surface area contributed by atoms with Crippen LogP contribution in [0.3, 0.4) is 0 Å². The lowest BCUT2D eigenvalue weighted by atomic mass is 10.1. The molecule has 0 saturated carbocycles. The number of benzene rings is 3. The fourth-order valence-electron chi connectivity index (χ4n) is 4.21. The fourth-order valence-corrected chi connectivity index (χ4v) is 4.21. The number of imidazole rings is 1. The van der Waals surface area contributed by atoms with Gasteiger partial charge in [0.1, 0.15) is 5.82 Å². The Kier molecular flexibility index (Phi) is 9.05. The lowest BCUT2D eigenvalue weighted by Crippen LogP contribution is -2.35. The van der Waals surface area contributed by atoms with E-state index in [2.05, 4.69) is 20.6 Å². The molecule has 2 N–H and O–H groups in total. The first-order chi connectivity index (χ1) is 20.9. The molecular formula is C31H27F2N5O5. The first-order valence-electron chi connectivity index (χ1n) is 13.3. The Hall–Kier alpha value is -5.52. The molecule has 0 aliphatic carbocycles. The summed E-state index contributed by atoms with van der Waals surface area (Å²) >= 11 is 0. The number of nitrogens with one attached hydrogen (secondary N) is 2. The van der Waals surface area contributed by atoms with Gasteiger partial charge in [-0.3, -0.25) is 10.1 Å². The molecule has 0 atom stereocenters. The Morgan fingerprint density at radius 3 is 2.58 bits per heavy atom. The molecule has 0 unspecified atom stereocenters. The second-order valence-electron chi connectivity index (χ2n) is 9.37. The highest BCUT2D eigenvalue weighted by molar-refractivity contribution is 6.01. The Labute approximate surface area is 245 Å². The van der Waals surface area contributed by atoms with Crippen molar-refractivity contribution in [1.29, 1.82) is 0 Å². The van der Waals surface area contributed by atoms with E-state index < -0.39 is 23.6 Å². The van der Waals surface area contributed by atoms with Gasteiger partial charge in [-0.15, -0.1) is 0 Å². The van der Waals surface area contributed by atoms with Gasteiger partial charge in [-0.25, -0.2) is 23.5 Å². The standard InChI is InChI=1S/C31H27F2N5O5/c1-41-27-15-21-7-10-30(36-25(21)18-28(27)42-14-4-12-38-13-11-34-19-38)43-26-9-8-22(17-24(26)33)35-31(40)37-29(39)16-20-5-2-3-6-23(20)32/h2-3,5-11,13,15,17-19H,4,12,14,16H2,1H3,(H2,35,37,39,40). The molecular weight excluding hydrogens is 560 g/mol. The van der Waals surface area contributed by atoms with Crippen LogP contribution < -0.4 is 24.8 Å². The summed E-state index contributed by atoms with van der Waals surface area (Å²) in [6.45, 7) is 1.20. The normalized spacial score (nSPS) is 10.8. The summed E-state index contributed by atoms with van der Waals surface area (Å²) in [5, 5.41) is 5.23. The lowest BCUT2D eigenvalue weighted by molar-refractivity contribution is -0.119. The third kappa shape index (κ3) is 7.61. The minimum atomic E-state index is -0.888. The number of carbonyl (C=O) groups excluding carboxylic acids is 2. The molecule has 10 nitrogen and oxygen atoms in total. The van der Waals surface area contributed by atoms with Crippen LogP contribution in [0.5, 0.6) is 23.1 Å². The van der Waals surface area contributed by atoms with Crippen LogP contribution in [-0.4, -0.2) is 40.2 Å². The third-order valence-corrected chi connectivity index (χ3v) is 6.29. The van der Waals surface area contributed by atoms with Crippen LogP contribution in [0.1, 0.15) is 12.0 Å². The molecule has 0 radical (unpaired) electrons. The predicted molar refractivity (Wildman–Crippen MR) is 154 cm³/mol. The zero-order valence-corrected chi connectivity index (χ0v) is 23.1. The number of rotatable bonds is 11. The first kappa shape index (κ1) is 29.0. The number of amides is 3. The van der Waals surface area contributed by atoms with Crippen molar-refractivity contribution in [3.63, 3.8) is 0 Å². The van der Waals surface area contributed by atoms with Crippen LogP contribution in [0.15, 0.2) is 85.5 Å². The van der Waals surface area contributed by atoms with Gasteiger partial charge < -0.3 is 24.1 Å². The minimum Gasteiger partial charge on any atom is -0.493 e. The van der Waals surface area contributed by atoms with Gasteiger partial charge in [-0.2, -0.15) is 0 Å². The van der Waals surface area contributed by atoms with Crippen LogP contribution in [-0.2, 0) is 17.8 Å². The Bertz CT molecular complexity index is 1750. The fraction of sp³-hybridized carbons (Fsp3) is 0.161. The van der Waals surface area contributed by atoms with E-state index in [-0.39, 0.29) is 29.3 Å². The summed E-state index contributed by atoms with van der Waals surface area (Å²) in [6, 6.07) is 15.5. The van der Waals surface area contributed by atoms with Gasteiger partial charge in [0.25, 0.3) is 0 Å². The SMILES string of the molecule is COc1cc2ccc(Oc3ccc(NC(=O)NC(=O)Cc4ccccc4F)cc3F)nc2cc1OCCCn1ccnc1. The number of aromatic nitrogens is 3. The average Bonchev–Trinajstić information content (AvgIpc) is 3.51. The number of hydrogen-bond acceptors (Lipinski definition) is 7. The molecule has 0 spiro atoms. The van der Waals surface area contributed by atoms with Crippen LogP contribution in [0.4, 0.5) is 19.3 Å². The molecule has 5 rings (SSSR count). The van der Waals surface area contributed by atoms with Gasteiger partial charge in [0.05, 0.1) is 32.0 Å². The molecule has 12 heteroatoms. The van der Waals surface area contributed by atoms with E-state index >= 15 is 0 Å². The smallest absolute Gasteiger partial charge is 0.325 e. The number of aryl methyl sites for hydroxylation is 1. The lowest BCUT2D eigenvalue weighted by Gasteiger charge is -2.13. The molecule has 0 bridgehead atoms. The number of halogens is 2. The summed E-state index contributed by atoms with van der Waals surface area (Å²) in [4.78, 5) is 32.8. The van der Waals surface area contributed by atoms with Gasteiger partial charge in [-0.05, 0) is 42.3 Å². The highest BCUT2D eigenvalue weighted by Crippen LogP contribution is 2.34. The van der Waals surface area contributed by atoms with Crippen molar-refractivity contribution in [1.82, 2.24) is 19.9 Å². The molecule has 220 valence electrons. The molecule has 2 aromatic heterocycles. The zero-order chi connectivity index (χ0) is 30.2. The number of carbonyl (C=O) groups is 2. The highest BCUT2D eigenvalue weighted by Gasteiger charge is 2.14. The topological polar surface area (TPSA) is 117 Å². The molecule has 0 aliphatic heterocycles. The van der Waals surface area contributed by atoms with Gasteiger partial charge >= 0.3 is 6.03 Å². The van der Waals surface area contributed by atoms with E-state index in [4.69, 9.17) is 14.2 Å². The predicted octanol–water partition coefficient (Wildman–Crippen LogP) is 5.87. The van der Waals surface area contributed by atoms with Crippen molar-refractivity contribution >= 4 is 28.5 Å². The molecule has 0 saturated heterocycles. The van der Waals surface area contributed by atoms with E-state index in [0.717, 1.165) is 24.4 Å². The molecule has 0 fully saturated rings. The molecule has 43 heavy (non-hydrogen) atoms. The number of methoxy groups -OCH3 is 1. The van der Waals surface area contributed by atoms with Crippen LogP contribution in [0, 0.1) is 11.6 Å². The summed E-state index contributed by atoms with van der Waals surface area (Å²) in [6.07, 6.45) is 5.77. The van der Waals surface area contributed by atoms with Crippen molar-refractivity contribution in [3.8, 4) is 23.1 Å². The average molecular weight is 588 g/mol. The van der Waals surface area contributed by atoms with Crippen LogP contribution in [0.25, 0.3) is 10.9 Å². The maximum atomic E-state index is 14.9. The monoisotopic (exact) mass is 587 g/mol. The Morgan fingerprint density at radius 1 is 0.953 bits per heavy atom. The molecule has 0 aliphatic rings. The van der Waals surface area contributed by atoms with Crippen LogP contribution >= 0.6 is 0 Å². The second-order valence-corrected chi connectivity index (χ2v) is 9.37. The zero-order valence-electron chi connectivity index (χ0n) is 23.1. The number of anilines is 1. The molecule has 3 amide bonds. The number of nitrogens with zero attached hydrogens (tertiary/aromatic N) is 3. The van der Waals surface area contributed by atoms with Gasteiger partial charge in [0, 0.05) is 48.2 Å². The highest BCUT2D eigenvalue weighted by atomic mass is 19.1. The number of ether oxygens (including phenoxy) is 3. The summed E-state index contributed by atoms with van der Waals surface area (Å²) in [5.74, 6) is -0.962. The van der Waals surface area contributed by atoms with Gasteiger partial charge in [0.15, 0.2) is 23.1 Å². The number of pyridine rings is 1. The molecule has 2 heterocycles. The van der Waals surface area contributed by atoms with E-state index in [1.807, 2.05) is 10.8 Å². The van der Waals surface area contributed by atoms with Crippen LogP contribution in [0.2, 0.25) is 0 Å². The van der Waals surface area contributed by atoms with Crippen molar-refractivity contribution in [3.05, 3.63) is 103 Å². The number of fused-ring (bicyclic) bond motifs is 1. The Morgan fingerprint density at radius 2 is 1.81 bits per heavy atom. The molecule has 3 aromatic carbocycles. The largest absolute Gasteiger partial charge is 0.493 e. The number of hydrogen-bond donors (Lipinski definition) is 2. The van der Waals surface area contributed by atoms with E-state index in [1.54, 1.807) is 50.0 Å². The minimum absolute atomic E-state index is 0.0782. The number of urea groups is 1. The van der Waals surface area contributed by atoms with Gasteiger partial charge in [0.2, 0.25) is 11.8 Å². The quantitative estimate of drug-likeness (QED) is 0.186. The van der Waals surface area contributed by atoms with Gasteiger partial charge in [-0.1, -0.05) is 18.2 Å². The van der Waals surface area contributed by atoms with Crippen molar-refractivity contribution in [2.75, 3.05) is 19.0 Å². The van der Waals surface area contributed by atoms with Crippen molar-refractivity contribution in [2.24, 2.45) is 0 Å². The summed E-state index contributed by atoms with van der Waals surface area (Å²) < 4.78 is 47.6. The van der Waals surface area contributed by atoms with E-state index in [0.29, 0.717) is 23.6 Å². The van der Waals surface area contributed by atoms with E-state index in [9.17, 15) is 18.4 Å². The summed E-state index contributed by atoms with van der Waals surface area (Å²) in [7, 11) is 1.55. The maximum Gasteiger partial charge on any atom is 0.325 e. The Balaban J connectivity index is 1.20. The first-order valence-corrected chi connectivity index (χ1v) is 13.3.